The number of rotatable bonds is 8. The summed E-state index contributed by atoms with van der Waals surface area (Å²) >= 11 is 0. The smallest absolute Gasteiger partial charge is 0.150 e. The Hall–Kier alpha value is -1.52. The van der Waals surface area contributed by atoms with Crippen LogP contribution in [-0.4, -0.2) is 56.1 Å². The summed E-state index contributed by atoms with van der Waals surface area (Å²) in [6.45, 7) is 3.46. The highest BCUT2D eigenvalue weighted by Crippen LogP contribution is 2.16. The third-order valence-corrected chi connectivity index (χ3v) is 3.58. The van der Waals surface area contributed by atoms with E-state index in [2.05, 4.69) is 4.90 Å². The third-order valence-electron chi connectivity index (χ3n) is 3.58. The topological polar surface area (TPSA) is 40.6 Å². The largest absolute Gasteiger partial charge is 0.309 e. The summed E-state index contributed by atoms with van der Waals surface area (Å²) in [7, 11) is 5.91. The van der Waals surface area contributed by atoms with Crippen LogP contribution in [0.2, 0.25) is 0 Å². The molecule has 0 aliphatic carbocycles. The molecule has 1 atom stereocenters. The molecule has 0 aliphatic rings. The molecular formula is C16H24N2O2. The molecule has 0 heterocycles. The molecule has 0 bridgehead atoms. The molecule has 4 nitrogen and oxygen atoms in total. The van der Waals surface area contributed by atoms with Gasteiger partial charge < -0.3 is 9.69 Å². The first-order valence-corrected chi connectivity index (χ1v) is 6.83. The fourth-order valence-corrected chi connectivity index (χ4v) is 2.20. The van der Waals surface area contributed by atoms with Crippen LogP contribution >= 0.6 is 0 Å². The van der Waals surface area contributed by atoms with Gasteiger partial charge in [-0.3, -0.25) is 9.69 Å². The van der Waals surface area contributed by atoms with Gasteiger partial charge in [-0.2, -0.15) is 0 Å². The molecule has 0 fully saturated rings. The Balaban J connectivity index is 2.80. The molecule has 0 radical (unpaired) electrons. The highest BCUT2D eigenvalue weighted by Gasteiger charge is 2.16. The van der Waals surface area contributed by atoms with Crippen molar-refractivity contribution < 1.29 is 9.59 Å². The average molecular weight is 276 g/mol. The van der Waals surface area contributed by atoms with Crippen LogP contribution in [-0.2, 0) is 11.3 Å². The second-order valence-electron chi connectivity index (χ2n) is 5.47. The van der Waals surface area contributed by atoms with E-state index in [4.69, 9.17) is 0 Å². The van der Waals surface area contributed by atoms with Crippen molar-refractivity contribution in [3.8, 4) is 0 Å². The Morgan fingerprint density at radius 1 is 1.20 bits per heavy atom. The lowest BCUT2D eigenvalue weighted by atomic mass is 10.0. The monoisotopic (exact) mass is 276 g/mol. The van der Waals surface area contributed by atoms with Crippen molar-refractivity contribution >= 4 is 12.6 Å². The molecule has 1 aromatic rings. The molecule has 0 amide bonds. The number of nitrogens with zero attached hydrogens (tertiary/aromatic N) is 2. The van der Waals surface area contributed by atoms with Gasteiger partial charge in [-0.25, -0.2) is 0 Å². The summed E-state index contributed by atoms with van der Waals surface area (Å²) in [6, 6.07) is 5.56. The van der Waals surface area contributed by atoms with Gasteiger partial charge >= 0.3 is 0 Å². The molecule has 1 aromatic carbocycles. The number of benzene rings is 1. The summed E-state index contributed by atoms with van der Waals surface area (Å²) in [5.41, 5.74) is 2.79. The van der Waals surface area contributed by atoms with E-state index in [0.717, 1.165) is 36.7 Å². The van der Waals surface area contributed by atoms with Crippen LogP contribution in [0.4, 0.5) is 0 Å². The standard InChI is InChI=1S/C16H24N2O2/c1-13-6-5-7-14(11-19)16(13)10-18(4)15(12-20)8-9-17(2)3/h5-7,11-12,15H,8-10H2,1-4H3. The predicted molar refractivity (Wildman–Crippen MR) is 81.1 cm³/mol. The maximum Gasteiger partial charge on any atom is 0.150 e. The Labute approximate surface area is 121 Å². The van der Waals surface area contributed by atoms with Crippen LogP contribution < -0.4 is 0 Å². The average Bonchev–Trinajstić information content (AvgIpc) is 2.41. The zero-order valence-electron chi connectivity index (χ0n) is 12.8. The minimum absolute atomic E-state index is 0.128. The van der Waals surface area contributed by atoms with Gasteiger partial charge in [-0.1, -0.05) is 18.2 Å². The number of hydrogen-bond donors (Lipinski definition) is 0. The van der Waals surface area contributed by atoms with Crippen LogP contribution in [0.3, 0.4) is 0 Å². The maximum atomic E-state index is 11.3. The van der Waals surface area contributed by atoms with E-state index in [-0.39, 0.29) is 6.04 Å². The quantitative estimate of drug-likeness (QED) is 0.678. The molecule has 0 saturated carbocycles. The minimum atomic E-state index is -0.128. The first-order chi connectivity index (χ1) is 9.49. The van der Waals surface area contributed by atoms with E-state index >= 15 is 0 Å². The molecule has 1 rings (SSSR count). The molecule has 0 N–H and O–H groups in total. The van der Waals surface area contributed by atoms with Gasteiger partial charge in [0.05, 0.1) is 6.04 Å². The molecule has 0 saturated heterocycles. The van der Waals surface area contributed by atoms with Gasteiger partial charge in [0.15, 0.2) is 0 Å². The number of carbonyl (C=O) groups excluding carboxylic acids is 2. The van der Waals surface area contributed by atoms with E-state index in [0.29, 0.717) is 12.1 Å². The molecule has 4 heteroatoms. The normalized spacial score (nSPS) is 12.7. The van der Waals surface area contributed by atoms with E-state index in [1.54, 1.807) is 0 Å². The second-order valence-corrected chi connectivity index (χ2v) is 5.47. The van der Waals surface area contributed by atoms with Gasteiger partial charge in [-0.15, -0.1) is 0 Å². The van der Waals surface area contributed by atoms with Gasteiger partial charge in [-0.05, 0) is 52.2 Å². The molecule has 110 valence electrons. The number of aryl methyl sites for hydroxylation is 1. The lowest BCUT2D eigenvalue weighted by Crippen LogP contribution is -2.35. The van der Waals surface area contributed by atoms with Gasteiger partial charge in [0.2, 0.25) is 0 Å². The van der Waals surface area contributed by atoms with E-state index in [9.17, 15) is 9.59 Å². The fraction of sp³-hybridized carbons (Fsp3) is 0.500. The van der Waals surface area contributed by atoms with Gasteiger partial charge in [0.25, 0.3) is 0 Å². The van der Waals surface area contributed by atoms with Crippen LogP contribution in [0.15, 0.2) is 18.2 Å². The zero-order valence-corrected chi connectivity index (χ0v) is 12.8. The highest BCUT2D eigenvalue weighted by atomic mass is 16.1. The summed E-state index contributed by atoms with van der Waals surface area (Å²) in [5, 5.41) is 0. The summed E-state index contributed by atoms with van der Waals surface area (Å²) in [4.78, 5) is 26.4. The first-order valence-electron chi connectivity index (χ1n) is 6.83. The summed E-state index contributed by atoms with van der Waals surface area (Å²) in [5.74, 6) is 0. The van der Waals surface area contributed by atoms with Gasteiger partial charge in [0.1, 0.15) is 12.6 Å². The number of aldehydes is 2. The Morgan fingerprint density at radius 3 is 2.45 bits per heavy atom. The lowest BCUT2D eigenvalue weighted by molar-refractivity contribution is -0.112. The summed E-state index contributed by atoms with van der Waals surface area (Å²) < 4.78 is 0. The number of hydrogen-bond acceptors (Lipinski definition) is 4. The van der Waals surface area contributed by atoms with E-state index < -0.39 is 0 Å². The Kier molecular flexibility index (Phi) is 6.55. The lowest BCUT2D eigenvalue weighted by Gasteiger charge is -2.26. The van der Waals surface area contributed by atoms with Crippen LogP contribution in [0.5, 0.6) is 0 Å². The van der Waals surface area contributed by atoms with E-state index in [1.165, 1.54) is 0 Å². The van der Waals surface area contributed by atoms with Crippen molar-refractivity contribution in [1.29, 1.82) is 0 Å². The Bertz CT molecular complexity index is 458. The summed E-state index contributed by atoms with van der Waals surface area (Å²) in [6.07, 6.45) is 2.66. The number of carbonyl (C=O) groups is 2. The van der Waals surface area contributed by atoms with Crippen LogP contribution in [0.1, 0.15) is 27.9 Å². The maximum absolute atomic E-state index is 11.3. The zero-order chi connectivity index (χ0) is 15.1. The first kappa shape index (κ1) is 16.5. The van der Waals surface area contributed by atoms with Crippen molar-refractivity contribution in [2.75, 3.05) is 27.7 Å². The highest BCUT2D eigenvalue weighted by molar-refractivity contribution is 5.77. The fourth-order valence-electron chi connectivity index (χ4n) is 2.20. The molecule has 0 spiro atoms. The van der Waals surface area contributed by atoms with Crippen LogP contribution in [0.25, 0.3) is 0 Å². The SMILES string of the molecule is Cc1cccc(C=O)c1CN(C)C(C=O)CCN(C)C. The van der Waals surface area contributed by atoms with Crippen molar-refractivity contribution in [3.63, 3.8) is 0 Å². The van der Waals surface area contributed by atoms with Gasteiger partial charge in [0, 0.05) is 12.1 Å². The van der Waals surface area contributed by atoms with Crippen LogP contribution in [0, 0.1) is 6.92 Å². The van der Waals surface area contributed by atoms with Crippen molar-refractivity contribution in [2.24, 2.45) is 0 Å². The number of likely N-dealkylation sites (N-methyl/N-ethyl adjacent to an activating group) is 1. The molecule has 0 aromatic heterocycles. The minimum Gasteiger partial charge on any atom is -0.309 e. The Morgan fingerprint density at radius 2 is 1.90 bits per heavy atom. The molecule has 20 heavy (non-hydrogen) atoms. The second kappa shape index (κ2) is 7.92. The third kappa shape index (κ3) is 4.54. The van der Waals surface area contributed by atoms with E-state index in [1.807, 2.05) is 51.2 Å². The van der Waals surface area contributed by atoms with Crippen molar-refractivity contribution in [1.82, 2.24) is 9.80 Å². The molecular weight excluding hydrogens is 252 g/mol. The predicted octanol–water partition coefficient (Wildman–Crippen LogP) is 1.76. The molecule has 1 unspecified atom stereocenters. The molecule has 0 aliphatic heterocycles. The van der Waals surface area contributed by atoms with Crippen molar-refractivity contribution in [3.05, 3.63) is 34.9 Å². The van der Waals surface area contributed by atoms with Crippen molar-refractivity contribution in [2.45, 2.75) is 25.9 Å².